The van der Waals surface area contributed by atoms with Gasteiger partial charge < -0.3 is 19.0 Å². The van der Waals surface area contributed by atoms with Crippen molar-refractivity contribution >= 4 is 37.6 Å². The first-order valence-electron chi connectivity index (χ1n) is 11.3. The minimum absolute atomic E-state index is 0.0226. The molecule has 11 heteroatoms. The molecular formula is C27H24N2O7S2. The molecule has 0 aromatic heterocycles. The summed E-state index contributed by atoms with van der Waals surface area (Å²) >= 11 is 0. The number of para-hydroxylation sites is 4. The van der Waals surface area contributed by atoms with Gasteiger partial charge in [-0.2, -0.15) is 16.8 Å². The van der Waals surface area contributed by atoms with Crippen LogP contribution in [0.25, 0.3) is 0 Å². The molecular weight excluding hydrogens is 528 g/mol. The van der Waals surface area contributed by atoms with E-state index in [0.29, 0.717) is 0 Å². The number of aryl methyl sites for hydroxylation is 2. The lowest BCUT2D eigenvalue weighted by Gasteiger charge is -2.15. The van der Waals surface area contributed by atoms with Crippen molar-refractivity contribution in [3.8, 4) is 11.5 Å². The van der Waals surface area contributed by atoms with Crippen molar-refractivity contribution in [2.45, 2.75) is 23.6 Å². The quantitative estimate of drug-likeness (QED) is 0.277. The lowest BCUT2D eigenvalue weighted by Crippen LogP contribution is -2.21. The van der Waals surface area contributed by atoms with E-state index >= 15 is 0 Å². The number of anilines is 2. The molecule has 0 aliphatic heterocycles. The summed E-state index contributed by atoms with van der Waals surface area (Å²) in [5.74, 6) is -0.203. The molecule has 38 heavy (non-hydrogen) atoms. The number of carbonyl (C=O) groups excluding carboxylic acids is 1. The molecule has 0 spiro atoms. The van der Waals surface area contributed by atoms with Gasteiger partial charge in [-0.15, -0.1) is 0 Å². The van der Waals surface area contributed by atoms with Crippen molar-refractivity contribution in [2.24, 2.45) is 0 Å². The number of amides is 2. The van der Waals surface area contributed by atoms with Crippen LogP contribution in [0.2, 0.25) is 0 Å². The van der Waals surface area contributed by atoms with Gasteiger partial charge in [0.15, 0.2) is 11.5 Å². The Labute approximate surface area is 221 Å². The molecule has 0 aliphatic rings. The Hall–Kier alpha value is -4.35. The van der Waals surface area contributed by atoms with Gasteiger partial charge in [0.1, 0.15) is 9.79 Å². The molecule has 9 nitrogen and oxygen atoms in total. The molecule has 0 saturated heterocycles. The van der Waals surface area contributed by atoms with E-state index in [9.17, 15) is 21.6 Å². The van der Waals surface area contributed by atoms with Gasteiger partial charge in [-0.05, 0) is 73.5 Å². The van der Waals surface area contributed by atoms with Crippen LogP contribution >= 0.6 is 0 Å². The van der Waals surface area contributed by atoms with Gasteiger partial charge in [0, 0.05) is 0 Å². The van der Waals surface area contributed by atoms with E-state index < -0.39 is 26.3 Å². The molecule has 2 amide bonds. The predicted molar refractivity (Wildman–Crippen MR) is 144 cm³/mol. The second kappa shape index (κ2) is 11.0. The van der Waals surface area contributed by atoms with Gasteiger partial charge in [0.25, 0.3) is 0 Å². The predicted octanol–water partition coefficient (Wildman–Crippen LogP) is 5.48. The Morgan fingerprint density at radius 2 is 1.05 bits per heavy atom. The second-order valence-corrected chi connectivity index (χ2v) is 11.3. The molecule has 0 bridgehead atoms. The third-order valence-electron chi connectivity index (χ3n) is 5.47. The lowest BCUT2D eigenvalue weighted by atomic mass is 10.1. The highest BCUT2D eigenvalue weighted by Crippen LogP contribution is 2.30. The number of nitrogens with one attached hydrogen (secondary N) is 2. The third-order valence-corrected chi connectivity index (χ3v) is 7.95. The summed E-state index contributed by atoms with van der Waals surface area (Å²) in [5, 5.41) is 5.05. The molecule has 0 fully saturated rings. The largest absolute Gasteiger partial charge is 0.377 e. The maximum Gasteiger partial charge on any atom is 0.339 e. The highest BCUT2D eigenvalue weighted by Gasteiger charge is 2.21. The topological polar surface area (TPSA) is 128 Å². The highest BCUT2D eigenvalue weighted by molar-refractivity contribution is 7.87. The minimum atomic E-state index is -4.18. The first-order valence-corrected chi connectivity index (χ1v) is 14.1. The van der Waals surface area contributed by atoms with Crippen molar-refractivity contribution < 1.29 is 30.0 Å². The van der Waals surface area contributed by atoms with Crippen molar-refractivity contribution in [1.82, 2.24) is 0 Å². The average Bonchev–Trinajstić information content (AvgIpc) is 2.88. The maximum absolute atomic E-state index is 12.9. The zero-order valence-electron chi connectivity index (χ0n) is 20.4. The summed E-state index contributed by atoms with van der Waals surface area (Å²) in [5.41, 5.74) is 1.87. The van der Waals surface area contributed by atoms with E-state index in [1.807, 2.05) is 6.92 Å². The molecule has 2 N–H and O–H groups in total. The van der Waals surface area contributed by atoms with Gasteiger partial charge >= 0.3 is 26.3 Å². The van der Waals surface area contributed by atoms with Crippen LogP contribution in [0, 0.1) is 13.8 Å². The van der Waals surface area contributed by atoms with Gasteiger partial charge in [0.2, 0.25) is 0 Å². The number of carbonyl (C=O) groups is 1. The molecule has 0 unspecified atom stereocenters. The van der Waals surface area contributed by atoms with Gasteiger partial charge in [-0.3, -0.25) is 0 Å². The monoisotopic (exact) mass is 552 g/mol. The zero-order chi connectivity index (χ0) is 27.3. The van der Waals surface area contributed by atoms with Crippen LogP contribution in [0.1, 0.15) is 11.1 Å². The van der Waals surface area contributed by atoms with Crippen molar-refractivity contribution in [3.63, 3.8) is 0 Å². The minimum Gasteiger partial charge on any atom is -0.377 e. The average molecular weight is 553 g/mol. The molecule has 0 saturated carbocycles. The molecule has 0 heterocycles. The Morgan fingerprint density at radius 3 is 1.58 bits per heavy atom. The summed E-state index contributed by atoms with van der Waals surface area (Å²) in [6.45, 7) is 3.66. The Balaban J connectivity index is 1.52. The first-order chi connectivity index (χ1) is 18.0. The number of benzene rings is 4. The molecule has 4 aromatic rings. The van der Waals surface area contributed by atoms with Crippen LogP contribution in [-0.2, 0) is 20.2 Å². The Morgan fingerprint density at radius 1 is 0.579 bits per heavy atom. The van der Waals surface area contributed by atoms with E-state index in [0.717, 1.165) is 11.1 Å². The summed E-state index contributed by atoms with van der Waals surface area (Å²) in [4.78, 5) is 12.7. The second-order valence-electron chi connectivity index (χ2n) is 8.21. The molecule has 0 radical (unpaired) electrons. The van der Waals surface area contributed by atoms with Crippen molar-refractivity contribution in [3.05, 3.63) is 108 Å². The van der Waals surface area contributed by atoms with Gasteiger partial charge in [0.05, 0.1) is 11.4 Å². The standard InChI is InChI=1S/C27H24N2O7S2/c1-19-16-17-22(18-20(19)2)38(33,34)36-26-15-9-7-13-24(26)29-27(30)28-23-12-6-8-14-25(23)35-37(31,32)21-10-4-3-5-11-21/h3-18H,1-2H3,(H2,28,29,30). The SMILES string of the molecule is Cc1ccc(S(=O)(=O)Oc2ccccc2NC(=O)Nc2ccccc2OS(=O)(=O)c2ccccc2)cc1C. The molecule has 0 atom stereocenters. The summed E-state index contributed by atoms with van der Waals surface area (Å²) in [6.07, 6.45) is 0. The Kier molecular flexibility index (Phi) is 7.70. The van der Waals surface area contributed by atoms with Crippen molar-refractivity contribution in [1.29, 1.82) is 0 Å². The smallest absolute Gasteiger partial charge is 0.339 e. The van der Waals surface area contributed by atoms with E-state index in [1.165, 1.54) is 48.5 Å². The van der Waals surface area contributed by atoms with Crippen LogP contribution < -0.4 is 19.0 Å². The number of hydrogen-bond acceptors (Lipinski definition) is 7. The summed E-state index contributed by atoms with van der Waals surface area (Å²) in [7, 11) is -8.33. The fourth-order valence-electron chi connectivity index (χ4n) is 3.35. The highest BCUT2D eigenvalue weighted by atomic mass is 32.2. The van der Waals surface area contributed by atoms with Crippen LogP contribution in [0.15, 0.2) is 107 Å². The van der Waals surface area contributed by atoms with Crippen LogP contribution in [0.4, 0.5) is 16.2 Å². The van der Waals surface area contributed by atoms with Crippen LogP contribution in [0.5, 0.6) is 11.5 Å². The Bertz CT molecular complexity index is 1690. The zero-order valence-corrected chi connectivity index (χ0v) is 22.0. The lowest BCUT2D eigenvalue weighted by molar-refractivity contribution is 0.262. The number of hydrogen-bond donors (Lipinski definition) is 2. The first kappa shape index (κ1) is 26.7. The van der Waals surface area contributed by atoms with E-state index in [1.54, 1.807) is 55.5 Å². The molecule has 196 valence electrons. The molecule has 4 aromatic carbocycles. The van der Waals surface area contributed by atoms with Gasteiger partial charge in [-0.1, -0.05) is 48.5 Å². The van der Waals surface area contributed by atoms with Crippen molar-refractivity contribution in [2.75, 3.05) is 10.6 Å². The molecule has 4 rings (SSSR count). The van der Waals surface area contributed by atoms with Crippen LogP contribution in [-0.4, -0.2) is 22.9 Å². The van der Waals surface area contributed by atoms with E-state index in [4.69, 9.17) is 8.37 Å². The number of rotatable bonds is 8. The normalized spacial score (nSPS) is 11.4. The fourth-order valence-corrected chi connectivity index (χ4v) is 5.35. The van der Waals surface area contributed by atoms with Crippen LogP contribution in [0.3, 0.4) is 0 Å². The molecule has 0 aliphatic carbocycles. The third kappa shape index (κ3) is 6.31. The number of urea groups is 1. The summed E-state index contributed by atoms with van der Waals surface area (Å²) in [6, 6.07) is 23.4. The van der Waals surface area contributed by atoms with Gasteiger partial charge in [-0.25, -0.2) is 4.79 Å². The van der Waals surface area contributed by atoms with E-state index in [-0.39, 0.29) is 32.7 Å². The fraction of sp³-hybridized carbons (Fsp3) is 0.0741. The summed E-state index contributed by atoms with van der Waals surface area (Å²) < 4.78 is 61.6. The maximum atomic E-state index is 12.9. The van der Waals surface area contributed by atoms with E-state index in [2.05, 4.69) is 10.6 Å².